The molecule has 19 heavy (non-hydrogen) atoms. The van der Waals surface area contributed by atoms with Crippen molar-refractivity contribution in [2.45, 2.75) is 6.42 Å². The molecular weight excluding hydrogens is 240 g/mol. The molecule has 0 spiro atoms. The molecule has 0 amide bonds. The zero-order valence-electron chi connectivity index (χ0n) is 11.0. The predicted octanol–water partition coefficient (Wildman–Crippen LogP) is 3.32. The Morgan fingerprint density at radius 3 is 2.58 bits per heavy atom. The number of rotatable bonds is 5. The number of benzene rings is 1. The van der Waals surface area contributed by atoms with E-state index < -0.39 is 0 Å². The molecule has 0 N–H and O–H groups in total. The van der Waals surface area contributed by atoms with Gasteiger partial charge >= 0.3 is 0 Å². The number of Topliss-reactive ketones (excluding diaryl/α,β-unsaturated/α-hetero) is 1. The maximum Gasteiger partial charge on any atom is 0.203 e. The maximum absolute atomic E-state index is 11.6. The second-order valence-electron chi connectivity index (χ2n) is 4.33. The van der Waals surface area contributed by atoms with Crippen LogP contribution in [0.15, 0.2) is 52.1 Å². The number of hydrogen-bond donors (Lipinski definition) is 0. The van der Waals surface area contributed by atoms with E-state index in [0.717, 1.165) is 11.4 Å². The summed E-state index contributed by atoms with van der Waals surface area (Å²) in [6.45, 7) is 0. The van der Waals surface area contributed by atoms with E-state index >= 15 is 0 Å². The molecule has 0 fully saturated rings. The van der Waals surface area contributed by atoms with Crippen LogP contribution >= 0.6 is 0 Å². The largest absolute Gasteiger partial charge is 0.461 e. The van der Waals surface area contributed by atoms with Gasteiger partial charge in [-0.1, -0.05) is 0 Å². The van der Waals surface area contributed by atoms with Crippen LogP contribution in [0.25, 0.3) is 0 Å². The average Bonchev–Trinajstić information content (AvgIpc) is 2.93. The van der Waals surface area contributed by atoms with E-state index in [4.69, 9.17) is 4.42 Å². The van der Waals surface area contributed by atoms with E-state index in [0.29, 0.717) is 5.76 Å². The fourth-order valence-electron chi connectivity index (χ4n) is 1.61. The fourth-order valence-corrected chi connectivity index (χ4v) is 1.61. The van der Waals surface area contributed by atoms with Crippen LogP contribution in [0.4, 0.5) is 11.4 Å². The second-order valence-corrected chi connectivity index (χ2v) is 4.33. The summed E-state index contributed by atoms with van der Waals surface area (Å²) in [6, 6.07) is 11.2. The lowest BCUT2D eigenvalue weighted by Crippen LogP contribution is -2.07. The summed E-state index contributed by atoms with van der Waals surface area (Å²) in [6.07, 6.45) is 3.34. The van der Waals surface area contributed by atoms with Gasteiger partial charge in [0.05, 0.1) is 12.0 Å². The van der Waals surface area contributed by atoms with Crippen LogP contribution in [0, 0.1) is 0 Å². The molecule has 0 saturated heterocycles. The van der Waals surface area contributed by atoms with Crippen molar-refractivity contribution >= 4 is 23.4 Å². The Labute approximate surface area is 112 Å². The lowest BCUT2D eigenvalue weighted by Gasteiger charge is -2.11. The highest BCUT2D eigenvalue weighted by Gasteiger charge is 2.05. The minimum Gasteiger partial charge on any atom is -0.461 e. The third-order valence-corrected chi connectivity index (χ3v) is 2.68. The van der Waals surface area contributed by atoms with Gasteiger partial charge in [-0.3, -0.25) is 9.79 Å². The summed E-state index contributed by atoms with van der Waals surface area (Å²) in [5.74, 6) is 0.299. The van der Waals surface area contributed by atoms with E-state index in [1.807, 2.05) is 43.3 Å². The van der Waals surface area contributed by atoms with E-state index in [2.05, 4.69) is 4.99 Å². The number of furan rings is 1. The van der Waals surface area contributed by atoms with Crippen LogP contribution in [-0.4, -0.2) is 26.1 Å². The highest BCUT2D eigenvalue weighted by molar-refractivity contribution is 6.01. The first kappa shape index (κ1) is 13.1. The topological polar surface area (TPSA) is 45.8 Å². The van der Waals surface area contributed by atoms with Crippen molar-refractivity contribution in [3.8, 4) is 0 Å². The zero-order chi connectivity index (χ0) is 13.7. The van der Waals surface area contributed by atoms with Gasteiger partial charge < -0.3 is 9.32 Å². The van der Waals surface area contributed by atoms with Gasteiger partial charge in [-0.15, -0.1) is 0 Å². The van der Waals surface area contributed by atoms with Gasteiger partial charge in [-0.25, -0.2) is 0 Å². The number of carbonyl (C=O) groups excluding carboxylic acids is 1. The summed E-state index contributed by atoms with van der Waals surface area (Å²) in [7, 11) is 3.97. The minimum atomic E-state index is -0.0707. The third-order valence-electron chi connectivity index (χ3n) is 2.68. The number of aliphatic imine (C=N–C) groups is 1. The van der Waals surface area contributed by atoms with Crippen molar-refractivity contribution in [1.82, 2.24) is 0 Å². The number of carbonyl (C=O) groups is 1. The Hall–Kier alpha value is -2.36. The molecule has 0 atom stereocenters. The molecule has 0 aliphatic carbocycles. The van der Waals surface area contributed by atoms with Crippen LogP contribution in [-0.2, 0) is 0 Å². The summed E-state index contributed by atoms with van der Waals surface area (Å²) >= 11 is 0. The van der Waals surface area contributed by atoms with Gasteiger partial charge in [-0.05, 0) is 36.4 Å². The molecule has 1 aromatic carbocycles. The van der Waals surface area contributed by atoms with Crippen molar-refractivity contribution in [2.75, 3.05) is 19.0 Å². The van der Waals surface area contributed by atoms with E-state index in [-0.39, 0.29) is 12.2 Å². The molecular formula is C15H16N2O2. The monoisotopic (exact) mass is 256 g/mol. The molecule has 98 valence electrons. The van der Waals surface area contributed by atoms with Gasteiger partial charge in [0.15, 0.2) is 5.76 Å². The molecule has 0 aliphatic rings. The van der Waals surface area contributed by atoms with Crippen LogP contribution in [0.5, 0.6) is 0 Å². The Balaban J connectivity index is 1.94. The molecule has 1 heterocycles. The highest BCUT2D eigenvalue weighted by atomic mass is 16.3. The van der Waals surface area contributed by atoms with Crippen molar-refractivity contribution in [3.63, 3.8) is 0 Å². The van der Waals surface area contributed by atoms with Crippen molar-refractivity contribution in [1.29, 1.82) is 0 Å². The predicted molar refractivity (Wildman–Crippen MR) is 76.6 cm³/mol. The smallest absolute Gasteiger partial charge is 0.203 e. The molecule has 1 aromatic heterocycles. The SMILES string of the molecule is CN(C)c1ccc(N=CCC(=O)c2ccco2)cc1. The Morgan fingerprint density at radius 2 is 2.00 bits per heavy atom. The van der Waals surface area contributed by atoms with Gasteiger partial charge in [-0.2, -0.15) is 0 Å². The Bertz CT molecular complexity index is 554. The first-order valence-corrected chi connectivity index (χ1v) is 6.03. The van der Waals surface area contributed by atoms with Gasteiger partial charge in [0.2, 0.25) is 5.78 Å². The summed E-state index contributed by atoms with van der Waals surface area (Å²) in [4.78, 5) is 17.9. The first-order chi connectivity index (χ1) is 9.16. The molecule has 2 aromatic rings. The number of nitrogens with zero attached hydrogens (tertiary/aromatic N) is 2. The molecule has 0 radical (unpaired) electrons. The summed E-state index contributed by atoms with van der Waals surface area (Å²) in [5, 5.41) is 0. The summed E-state index contributed by atoms with van der Waals surface area (Å²) in [5.41, 5.74) is 1.95. The van der Waals surface area contributed by atoms with Gasteiger partial charge in [0.1, 0.15) is 0 Å². The molecule has 4 nitrogen and oxygen atoms in total. The standard InChI is InChI=1S/C15H16N2O2/c1-17(2)13-7-5-12(6-8-13)16-10-9-14(18)15-4-3-11-19-15/h3-8,10-11H,9H2,1-2H3. The molecule has 4 heteroatoms. The lowest BCUT2D eigenvalue weighted by molar-refractivity contribution is 0.0975. The van der Waals surface area contributed by atoms with Gasteiger partial charge in [0, 0.05) is 32.4 Å². The minimum absolute atomic E-state index is 0.0707. The van der Waals surface area contributed by atoms with E-state index in [1.165, 1.54) is 6.26 Å². The van der Waals surface area contributed by atoms with Crippen LogP contribution in [0.1, 0.15) is 17.0 Å². The average molecular weight is 256 g/mol. The number of ketones is 1. The fraction of sp³-hybridized carbons (Fsp3) is 0.200. The summed E-state index contributed by atoms with van der Waals surface area (Å²) < 4.78 is 5.02. The zero-order valence-corrected chi connectivity index (χ0v) is 11.0. The van der Waals surface area contributed by atoms with Crippen LogP contribution < -0.4 is 4.90 Å². The highest BCUT2D eigenvalue weighted by Crippen LogP contribution is 2.17. The van der Waals surface area contributed by atoms with E-state index in [9.17, 15) is 4.79 Å². The van der Waals surface area contributed by atoms with Crippen LogP contribution in [0.2, 0.25) is 0 Å². The molecule has 0 saturated carbocycles. The van der Waals surface area contributed by atoms with Crippen molar-refractivity contribution in [2.24, 2.45) is 4.99 Å². The maximum atomic E-state index is 11.6. The number of hydrogen-bond acceptors (Lipinski definition) is 4. The lowest BCUT2D eigenvalue weighted by atomic mass is 10.2. The quantitative estimate of drug-likeness (QED) is 0.609. The molecule has 0 aliphatic heterocycles. The second kappa shape index (κ2) is 6.00. The number of anilines is 1. The van der Waals surface area contributed by atoms with Gasteiger partial charge in [0.25, 0.3) is 0 Å². The van der Waals surface area contributed by atoms with Crippen molar-refractivity contribution < 1.29 is 9.21 Å². The van der Waals surface area contributed by atoms with E-state index in [1.54, 1.807) is 18.3 Å². The Kier molecular flexibility index (Phi) is 4.13. The molecule has 0 bridgehead atoms. The Morgan fingerprint density at radius 1 is 1.26 bits per heavy atom. The molecule has 0 unspecified atom stereocenters. The van der Waals surface area contributed by atoms with Crippen LogP contribution in [0.3, 0.4) is 0 Å². The normalized spacial score (nSPS) is 10.8. The first-order valence-electron chi connectivity index (χ1n) is 6.03. The third kappa shape index (κ3) is 3.55. The van der Waals surface area contributed by atoms with Crippen molar-refractivity contribution in [3.05, 3.63) is 48.4 Å². The molecule has 2 rings (SSSR count).